The molecule has 0 aromatic carbocycles. The summed E-state index contributed by atoms with van der Waals surface area (Å²) in [5, 5.41) is 8.33. The number of hydrogen-bond acceptors (Lipinski definition) is 3. The molecule has 4 rings (SSSR count). The minimum absolute atomic E-state index is 0.319. The largest absolute Gasteiger partial charge is 0.349 e. The van der Waals surface area contributed by atoms with Gasteiger partial charge in [0.05, 0.1) is 0 Å². The molecule has 2 aliphatic carbocycles. The fourth-order valence-electron chi connectivity index (χ4n) is 4.89. The number of nitrogens with zero attached hydrogens (tertiary/aromatic N) is 3. The summed E-state index contributed by atoms with van der Waals surface area (Å²) < 4.78 is 1.92. The van der Waals surface area contributed by atoms with E-state index in [0.29, 0.717) is 16.9 Å². The SMILES string of the molecule is Cc1cccc2nc(NC3C4(C)CCC(C4)C3(C)C)nn12. The van der Waals surface area contributed by atoms with Crippen LogP contribution in [0.25, 0.3) is 5.65 Å². The highest BCUT2D eigenvalue weighted by Gasteiger charge is 2.59. The molecule has 3 unspecified atom stereocenters. The van der Waals surface area contributed by atoms with Crippen LogP contribution in [0, 0.1) is 23.7 Å². The van der Waals surface area contributed by atoms with E-state index >= 15 is 0 Å². The average molecular weight is 284 g/mol. The van der Waals surface area contributed by atoms with E-state index in [1.807, 2.05) is 16.6 Å². The number of nitrogens with one attached hydrogen (secondary N) is 1. The third-order valence-electron chi connectivity index (χ3n) is 6.09. The summed E-state index contributed by atoms with van der Waals surface area (Å²) in [6.45, 7) is 9.30. The maximum atomic E-state index is 4.66. The summed E-state index contributed by atoms with van der Waals surface area (Å²) in [6.07, 6.45) is 4.04. The van der Waals surface area contributed by atoms with Gasteiger partial charge in [-0.2, -0.15) is 4.98 Å². The molecule has 2 aromatic rings. The Morgan fingerprint density at radius 1 is 1.29 bits per heavy atom. The Balaban J connectivity index is 1.70. The Bertz CT molecular complexity index is 697. The van der Waals surface area contributed by atoms with Gasteiger partial charge in [-0.25, -0.2) is 4.52 Å². The van der Waals surface area contributed by atoms with Crippen molar-refractivity contribution in [2.45, 2.75) is 53.0 Å². The summed E-state index contributed by atoms with van der Waals surface area (Å²) in [4.78, 5) is 4.66. The zero-order valence-electron chi connectivity index (χ0n) is 13.3. The van der Waals surface area contributed by atoms with Crippen LogP contribution >= 0.6 is 0 Å². The number of aryl methyl sites for hydroxylation is 1. The second kappa shape index (κ2) is 3.99. The van der Waals surface area contributed by atoms with Gasteiger partial charge in [-0.15, -0.1) is 5.10 Å². The van der Waals surface area contributed by atoms with E-state index in [4.69, 9.17) is 0 Å². The standard InChI is InChI=1S/C17H24N4/c1-11-6-5-7-13-18-15(20-21(11)13)19-14-16(2,3)12-8-9-17(14,4)10-12/h5-7,12,14H,8-10H2,1-4H3,(H,19,20). The maximum absolute atomic E-state index is 4.66. The van der Waals surface area contributed by atoms with Gasteiger partial charge in [-0.1, -0.05) is 26.8 Å². The van der Waals surface area contributed by atoms with E-state index in [-0.39, 0.29) is 0 Å². The molecule has 2 aliphatic rings. The first-order valence-electron chi connectivity index (χ1n) is 7.99. The monoisotopic (exact) mass is 284 g/mol. The van der Waals surface area contributed by atoms with Gasteiger partial charge >= 0.3 is 0 Å². The van der Waals surface area contributed by atoms with Crippen LogP contribution in [-0.4, -0.2) is 20.6 Å². The molecule has 2 saturated carbocycles. The molecular formula is C17H24N4. The molecule has 0 amide bonds. The van der Waals surface area contributed by atoms with Crippen LogP contribution in [0.1, 0.15) is 45.7 Å². The minimum Gasteiger partial charge on any atom is -0.349 e. The van der Waals surface area contributed by atoms with E-state index in [2.05, 4.69) is 49.2 Å². The fourth-order valence-corrected chi connectivity index (χ4v) is 4.89. The highest BCUT2D eigenvalue weighted by Crippen LogP contribution is 2.62. The van der Waals surface area contributed by atoms with E-state index in [1.165, 1.54) is 19.3 Å². The second-order valence-corrected chi connectivity index (χ2v) is 7.87. The smallest absolute Gasteiger partial charge is 0.243 e. The predicted molar refractivity (Wildman–Crippen MR) is 84.4 cm³/mol. The summed E-state index contributed by atoms with van der Waals surface area (Å²) in [5.41, 5.74) is 2.75. The highest BCUT2D eigenvalue weighted by molar-refractivity contribution is 5.45. The molecule has 2 fully saturated rings. The van der Waals surface area contributed by atoms with E-state index < -0.39 is 0 Å². The van der Waals surface area contributed by atoms with Crippen molar-refractivity contribution in [2.24, 2.45) is 16.7 Å². The van der Waals surface area contributed by atoms with Gasteiger partial charge in [-0.3, -0.25) is 0 Å². The van der Waals surface area contributed by atoms with Crippen LogP contribution in [0.3, 0.4) is 0 Å². The third kappa shape index (κ3) is 1.74. The first-order chi connectivity index (χ1) is 9.90. The minimum atomic E-state index is 0.319. The molecule has 112 valence electrons. The van der Waals surface area contributed by atoms with Crippen molar-refractivity contribution in [3.8, 4) is 0 Å². The number of fused-ring (bicyclic) bond motifs is 3. The predicted octanol–water partition coefficient (Wildman–Crippen LogP) is 3.66. The summed E-state index contributed by atoms with van der Waals surface area (Å²) in [6, 6.07) is 6.57. The van der Waals surface area contributed by atoms with Crippen molar-refractivity contribution in [2.75, 3.05) is 5.32 Å². The summed E-state index contributed by atoms with van der Waals surface area (Å²) >= 11 is 0. The lowest BCUT2D eigenvalue weighted by Crippen LogP contribution is -2.46. The number of anilines is 1. The molecular weight excluding hydrogens is 260 g/mol. The van der Waals surface area contributed by atoms with Crippen molar-refractivity contribution in [1.29, 1.82) is 0 Å². The number of aromatic nitrogens is 3. The number of rotatable bonds is 2. The number of hydrogen-bond donors (Lipinski definition) is 1. The van der Waals surface area contributed by atoms with Crippen LogP contribution in [-0.2, 0) is 0 Å². The zero-order chi connectivity index (χ0) is 14.8. The Kier molecular flexibility index (Phi) is 2.49. The zero-order valence-corrected chi connectivity index (χ0v) is 13.3. The number of pyridine rings is 1. The Hall–Kier alpha value is -1.58. The van der Waals surface area contributed by atoms with Gasteiger partial charge in [-0.05, 0) is 55.1 Å². The van der Waals surface area contributed by atoms with E-state index in [9.17, 15) is 0 Å². The van der Waals surface area contributed by atoms with Gasteiger partial charge in [0.25, 0.3) is 0 Å². The van der Waals surface area contributed by atoms with Crippen LogP contribution in [0.15, 0.2) is 18.2 Å². The third-order valence-corrected chi connectivity index (χ3v) is 6.09. The van der Waals surface area contributed by atoms with Crippen LogP contribution in [0.2, 0.25) is 0 Å². The van der Waals surface area contributed by atoms with Crippen LogP contribution < -0.4 is 5.32 Å². The van der Waals surface area contributed by atoms with Gasteiger partial charge in [0, 0.05) is 11.7 Å². The fraction of sp³-hybridized carbons (Fsp3) is 0.647. The van der Waals surface area contributed by atoms with Gasteiger partial charge < -0.3 is 5.32 Å². The maximum Gasteiger partial charge on any atom is 0.243 e. The molecule has 2 heterocycles. The quantitative estimate of drug-likeness (QED) is 0.915. The van der Waals surface area contributed by atoms with Crippen molar-refractivity contribution in [3.05, 3.63) is 23.9 Å². The average Bonchev–Trinajstić information content (AvgIpc) is 3.04. The lowest BCUT2D eigenvalue weighted by Gasteiger charge is -2.42. The summed E-state index contributed by atoms with van der Waals surface area (Å²) in [5.74, 6) is 1.61. The molecule has 0 aliphatic heterocycles. The lowest BCUT2D eigenvalue weighted by molar-refractivity contribution is 0.155. The van der Waals surface area contributed by atoms with Gasteiger partial charge in [0.2, 0.25) is 5.95 Å². The topological polar surface area (TPSA) is 42.2 Å². The Morgan fingerprint density at radius 3 is 2.76 bits per heavy atom. The van der Waals surface area contributed by atoms with Crippen LogP contribution in [0.5, 0.6) is 0 Å². The molecule has 2 aromatic heterocycles. The van der Waals surface area contributed by atoms with E-state index in [1.54, 1.807) is 0 Å². The molecule has 4 heteroatoms. The van der Waals surface area contributed by atoms with Crippen molar-refractivity contribution in [3.63, 3.8) is 0 Å². The van der Waals surface area contributed by atoms with Crippen molar-refractivity contribution in [1.82, 2.24) is 14.6 Å². The molecule has 0 saturated heterocycles. The lowest BCUT2D eigenvalue weighted by atomic mass is 9.68. The molecule has 1 N–H and O–H groups in total. The van der Waals surface area contributed by atoms with Crippen LogP contribution in [0.4, 0.5) is 5.95 Å². The van der Waals surface area contributed by atoms with E-state index in [0.717, 1.165) is 23.2 Å². The highest BCUT2D eigenvalue weighted by atomic mass is 15.4. The van der Waals surface area contributed by atoms with Crippen molar-refractivity contribution >= 4 is 11.6 Å². The first kappa shape index (κ1) is 13.1. The normalized spacial score (nSPS) is 33.7. The summed E-state index contributed by atoms with van der Waals surface area (Å²) in [7, 11) is 0. The molecule has 3 atom stereocenters. The first-order valence-corrected chi connectivity index (χ1v) is 7.99. The van der Waals surface area contributed by atoms with Gasteiger partial charge in [0.15, 0.2) is 5.65 Å². The van der Waals surface area contributed by atoms with Gasteiger partial charge in [0.1, 0.15) is 0 Å². The Morgan fingerprint density at radius 2 is 2.10 bits per heavy atom. The second-order valence-electron chi connectivity index (χ2n) is 7.87. The molecule has 0 spiro atoms. The van der Waals surface area contributed by atoms with Crippen molar-refractivity contribution < 1.29 is 0 Å². The Labute approximate surface area is 126 Å². The molecule has 21 heavy (non-hydrogen) atoms. The molecule has 0 radical (unpaired) electrons. The molecule has 4 nitrogen and oxygen atoms in total. The molecule has 2 bridgehead atoms.